The van der Waals surface area contributed by atoms with Crippen LogP contribution in [-0.2, 0) is 16.6 Å². The number of halogens is 3. The van der Waals surface area contributed by atoms with Crippen molar-refractivity contribution in [2.45, 2.75) is 12.8 Å². The molecule has 3 amide bonds. The van der Waals surface area contributed by atoms with Gasteiger partial charge in [-0.3, -0.25) is 24.1 Å². The summed E-state index contributed by atoms with van der Waals surface area (Å²) in [5, 5.41) is 11.8. The highest BCUT2D eigenvalue weighted by atomic mass is 35.5. The highest BCUT2D eigenvalue weighted by Gasteiger charge is 2.32. The topological polar surface area (TPSA) is 137 Å². The number of anilines is 1. The maximum atomic E-state index is 14.7. The van der Waals surface area contributed by atoms with Crippen LogP contribution >= 0.6 is 11.6 Å². The number of amides is 3. The minimum atomic E-state index is -1.15. The van der Waals surface area contributed by atoms with Crippen LogP contribution in [0.25, 0.3) is 11.3 Å². The molecule has 2 aliphatic rings. The number of rotatable bonds is 8. The van der Waals surface area contributed by atoms with Crippen LogP contribution in [0.4, 0.5) is 14.5 Å². The van der Waals surface area contributed by atoms with E-state index < -0.39 is 23.5 Å². The Balaban J connectivity index is 1.17. The van der Waals surface area contributed by atoms with E-state index in [1.165, 1.54) is 55.3 Å². The highest BCUT2D eigenvalue weighted by molar-refractivity contribution is 6.34. The van der Waals surface area contributed by atoms with Crippen LogP contribution in [0.2, 0.25) is 5.02 Å². The number of benzene rings is 2. The molecule has 2 saturated heterocycles. The number of carbonyl (C=O) groups is 4. The number of piperidine rings is 1. The molecular formula is C31H33ClF2N6O6. The zero-order valence-corrected chi connectivity index (χ0v) is 26.0. The summed E-state index contributed by atoms with van der Waals surface area (Å²) in [4.78, 5) is 59.5. The predicted molar refractivity (Wildman–Crippen MR) is 164 cm³/mol. The van der Waals surface area contributed by atoms with E-state index in [9.17, 15) is 28.0 Å². The molecule has 3 heterocycles. The van der Waals surface area contributed by atoms with Gasteiger partial charge < -0.3 is 29.5 Å². The second kappa shape index (κ2) is 13.8. The van der Waals surface area contributed by atoms with E-state index in [2.05, 4.69) is 10.3 Å². The molecule has 0 unspecified atom stereocenters. The maximum Gasteiger partial charge on any atom is 0.317 e. The third-order valence-corrected chi connectivity index (χ3v) is 8.68. The first-order chi connectivity index (χ1) is 22.0. The van der Waals surface area contributed by atoms with Crippen molar-refractivity contribution >= 4 is 41.0 Å². The van der Waals surface area contributed by atoms with Crippen molar-refractivity contribution in [1.82, 2.24) is 24.3 Å². The van der Waals surface area contributed by atoms with Crippen molar-refractivity contribution < 1.29 is 37.8 Å². The molecule has 2 fully saturated rings. The number of imidazole rings is 1. The van der Waals surface area contributed by atoms with Crippen molar-refractivity contribution in [3.63, 3.8) is 0 Å². The molecule has 2 N–H and O–H groups in total. The summed E-state index contributed by atoms with van der Waals surface area (Å²) in [6.45, 7) is 2.51. The standard InChI is InChI=1S/C31H33ClF2N6O6/c1-37-23(21-5-6-24(46-2)27(34)26(21)33)16-35-28(37)29(43)36-19-3-4-20(22(32)15-19)31(45)40-13-11-39(12-14-40)30(44)18-7-9-38(10-8-18)17-25(41)42/h3-6,15-16,18H,7-14,17H2,1-2H3,(H,36,43)(H,41,42). The van der Waals surface area contributed by atoms with Crippen LogP contribution in [-0.4, -0.2) is 106 Å². The van der Waals surface area contributed by atoms with Gasteiger partial charge in [-0.15, -0.1) is 0 Å². The molecule has 0 aliphatic carbocycles. The fourth-order valence-electron chi connectivity index (χ4n) is 5.80. The summed E-state index contributed by atoms with van der Waals surface area (Å²) < 4.78 is 35.0. The molecule has 0 saturated carbocycles. The predicted octanol–water partition coefficient (Wildman–Crippen LogP) is 3.36. The number of carboxylic acid groups (broad SMARTS) is 1. The molecule has 5 rings (SSSR count). The Kier molecular flexibility index (Phi) is 9.87. The number of hydrogen-bond acceptors (Lipinski definition) is 7. The fraction of sp³-hybridized carbons (Fsp3) is 0.387. The minimum Gasteiger partial charge on any atom is -0.494 e. The minimum absolute atomic E-state index is 0.0283. The average Bonchev–Trinajstić information content (AvgIpc) is 3.42. The van der Waals surface area contributed by atoms with E-state index in [1.54, 1.807) is 9.80 Å². The number of nitrogens with one attached hydrogen (secondary N) is 1. The van der Waals surface area contributed by atoms with E-state index >= 15 is 0 Å². The Morgan fingerprint density at radius 3 is 2.30 bits per heavy atom. The lowest BCUT2D eigenvalue weighted by Crippen LogP contribution is -2.53. The third-order valence-electron chi connectivity index (χ3n) is 8.37. The number of piperazine rings is 1. The summed E-state index contributed by atoms with van der Waals surface area (Å²) >= 11 is 6.46. The molecule has 12 nitrogen and oxygen atoms in total. The summed E-state index contributed by atoms with van der Waals surface area (Å²) in [5.41, 5.74) is 0.608. The molecule has 0 atom stereocenters. The van der Waals surface area contributed by atoms with E-state index in [1.807, 2.05) is 4.90 Å². The lowest BCUT2D eigenvalue weighted by Gasteiger charge is -2.38. The Hall–Kier alpha value is -4.56. The summed E-state index contributed by atoms with van der Waals surface area (Å²) in [5.74, 6) is -4.56. The van der Waals surface area contributed by atoms with Gasteiger partial charge in [0.25, 0.3) is 11.8 Å². The van der Waals surface area contributed by atoms with Crippen LogP contribution in [0.1, 0.15) is 33.8 Å². The molecular weight excluding hydrogens is 626 g/mol. The van der Waals surface area contributed by atoms with Crippen LogP contribution in [0.5, 0.6) is 5.75 Å². The van der Waals surface area contributed by atoms with E-state index in [0.29, 0.717) is 57.8 Å². The zero-order chi connectivity index (χ0) is 33.1. The molecule has 3 aromatic rings. The summed E-state index contributed by atoms with van der Waals surface area (Å²) in [6, 6.07) is 7.07. The van der Waals surface area contributed by atoms with Crippen molar-refractivity contribution in [2.24, 2.45) is 13.0 Å². The Morgan fingerprint density at radius 1 is 1.00 bits per heavy atom. The van der Waals surface area contributed by atoms with E-state index in [-0.39, 0.29) is 57.7 Å². The maximum absolute atomic E-state index is 14.7. The molecule has 2 aliphatic heterocycles. The van der Waals surface area contributed by atoms with Crippen LogP contribution in [0, 0.1) is 17.6 Å². The van der Waals surface area contributed by atoms with Gasteiger partial charge in [0, 0.05) is 50.4 Å². The number of aliphatic carboxylic acids is 1. The van der Waals surface area contributed by atoms with Crippen LogP contribution in [0.3, 0.4) is 0 Å². The van der Waals surface area contributed by atoms with Crippen LogP contribution < -0.4 is 10.1 Å². The Labute approximate surface area is 268 Å². The molecule has 15 heteroatoms. The van der Waals surface area contributed by atoms with Gasteiger partial charge in [0.15, 0.2) is 17.4 Å². The number of ether oxygens (including phenoxy) is 1. The number of aromatic nitrogens is 2. The van der Waals surface area contributed by atoms with Crippen molar-refractivity contribution in [2.75, 3.05) is 58.2 Å². The van der Waals surface area contributed by atoms with Gasteiger partial charge in [-0.1, -0.05) is 11.6 Å². The lowest BCUT2D eigenvalue weighted by atomic mass is 9.95. The number of carboxylic acids is 1. The van der Waals surface area contributed by atoms with Gasteiger partial charge >= 0.3 is 5.97 Å². The van der Waals surface area contributed by atoms with E-state index in [4.69, 9.17) is 21.4 Å². The number of carbonyl (C=O) groups excluding carboxylic acids is 3. The van der Waals surface area contributed by atoms with Crippen molar-refractivity contribution in [3.8, 4) is 17.0 Å². The average molecular weight is 659 g/mol. The lowest BCUT2D eigenvalue weighted by molar-refractivity contribution is -0.140. The van der Waals surface area contributed by atoms with Crippen LogP contribution in [0.15, 0.2) is 36.5 Å². The molecule has 0 radical (unpaired) electrons. The number of nitrogens with zero attached hydrogens (tertiary/aromatic N) is 5. The first-order valence-corrected chi connectivity index (χ1v) is 15.0. The molecule has 0 spiro atoms. The van der Waals surface area contributed by atoms with Gasteiger partial charge in [-0.25, -0.2) is 9.37 Å². The Bertz CT molecular complexity index is 1670. The molecule has 1 aromatic heterocycles. The Morgan fingerprint density at radius 2 is 1.67 bits per heavy atom. The quantitative estimate of drug-likeness (QED) is 0.376. The fourth-order valence-corrected chi connectivity index (χ4v) is 6.06. The second-order valence-corrected chi connectivity index (χ2v) is 11.6. The largest absolute Gasteiger partial charge is 0.494 e. The molecule has 2 aromatic carbocycles. The zero-order valence-electron chi connectivity index (χ0n) is 25.3. The number of hydrogen-bond donors (Lipinski definition) is 2. The monoisotopic (exact) mass is 658 g/mol. The van der Waals surface area contributed by atoms with Crippen molar-refractivity contribution in [3.05, 3.63) is 64.6 Å². The SMILES string of the molecule is COc1ccc(-c2cnc(C(=O)Nc3ccc(C(=O)N4CCN(C(=O)C5CCN(CC(=O)O)CC5)CC4)c(Cl)c3)n2C)c(F)c1F. The van der Waals surface area contributed by atoms with Gasteiger partial charge in [0.2, 0.25) is 11.7 Å². The van der Waals surface area contributed by atoms with Gasteiger partial charge in [-0.05, 0) is 56.3 Å². The van der Waals surface area contributed by atoms with Crippen molar-refractivity contribution in [1.29, 1.82) is 0 Å². The first-order valence-electron chi connectivity index (χ1n) is 14.7. The number of methoxy groups -OCH3 is 1. The first kappa shape index (κ1) is 32.8. The van der Waals surface area contributed by atoms with Gasteiger partial charge in [0.05, 0.1) is 36.1 Å². The normalized spacial score (nSPS) is 15.9. The molecule has 46 heavy (non-hydrogen) atoms. The van der Waals surface area contributed by atoms with E-state index in [0.717, 1.165) is 0 Å². The third kappa shape index (κ3) is 6.82. The smallest absolute Gasteiger partial charge is 0.317 e. The second-order valence-electron chi connectivity index (χ2n) is 11.2. The molecule has 0 bridgehead atoms. The van der Waals surface area contributed by atoms with Gasteiger partial charge in [-0.2, -0.15) is 4.39 Å². The number of likely N-dealkylation sites (tertiary alicyclic amines) is 1. The highest BCUT2D eigenvalue weighted by Crippen LogP contribution is 2.30. The summed E-state index contributed by atoms with van der Waals surface area (Å²) in [7, 11) is 2.72. The molecule has 244 valence electrons. The summed E-state index contributed by atoms with van der Waals surface area (Å²) in [6.07, 6.45) is 2.46. The van der Waals surface area contributed by atoms with Gasteiger partial charge in [0.1, 0.15) is 0 Å².